The van der Waals surface area contributed by atoms with Gasteiger partial charge in [0.15, 0.2) is 0 Å². The molecule has 0 amide bonds. The van der Waals surface area contributed by atoms with Crippen LogP contribution in [0.3, 0.4) is 0 Å². The number of ether oxygens (including phenoxy) is 1. The Labute approximate surface area is 161 Å². The number of hydrogen-bond acceptors (Lipinski definition) is 3. The molecule has 0 fully saturated rings. The first kappa shape index (κ1) is 24.6. The first-order chi connectivity index (χ1) is 12.2. The van der Waals surface area contributed by atoms with Crippen molar-refractivity contribution in [2.24, 2.45) is 0 Å². The molecule has 0 heterocycles. The SMILES string of the molecule is C=C(C)C(=O)OCCCCCCSCCCCCCCCCCCC. The lowest BCUT2D eigenvalue weighted by atomic mass is 10.1. The van der Waals surface area contributed by atoms with Crippen LogP contribution >= 0.6 is 11.8 Å². The van der Waals surface area contributed by atoms with E-state index in [0.29, 0.717) is 12.2 Å². The Kier molecular flexibility index (Phi) is 19.5. The number of unbranched alkanes of at least 4 members (excludes halogenated alkanes) is 12. The molecule has 25 heavy (non-hydrogen) atoms. The molecule has 2 nitrogen and oxygen atoms in total. The quantitative estimate of drug-likeness (QED) is 0.135. The Morgan fingerprint density at radius 1 is 0.760 bits per heavy atom. The van der Waals surface area contributed by atoms with Crippen molar-refractivity contribution < 1.29 is 9.53 Å². The monoisotopic (exact) mass is 370 g/mol. The summed E-state index contributed by atoms with van der Waals surface area (Å²) in [5.74, 6) is 2.35. The van der Waals surface area contributed by atoms with Gasteiger partial charge >= 0.3 is 5.97 Å². The largest absolute Gasteiger partial charge is 0.462 e. The van der Waals surface area contributed by atoms with Crippen LogP contribution in [0.25, 0.3) is 0 Å². The fourth-order valence-electron chi connectivity index (χ4n) is 2.74. The lowest BCUT2D eigenvalue weighted by Gasteiger charge is -2.05. The second-order valence-corrected chi connectivity index (χ2v) is 8.35. The van der Waals surface area contributed by atoms with E-state index in [-0.39, 0.29) is 5.97 Å². The van der Waals surface area contributed by atoms with Crippen LogP contribution in [0, 0.1) is 0 Å². The summed E-state index contributed by atoms with van der Waals surface area (Å²) in [6, 6.07) is 0. The topological polar surface area (TPSA) is 26.3 Å². The van der Waals surface area contributed by atoms with E-state index in [4.69, 9.17) is 4.74 Å². The van der Waals surface area contributed by atoms with Gasteiger partial charge in [-0.3, -0.25) is 0 Å². The number of rotatable bonds is 19. The van der Waals surface area contributed by atoms with Gasteiger partial charge in [0.2, 0.25) is 0 Å². The zero-order valence-corrected chi connectivity index (χ0v) is 17.8. The molecular weight excluding hydrogens is 328 g/mol. The lowest BCUT2D eigenvalue weighted by Crippen LogP contribution is -2.06. The van der Waals surface area contributed by atoms with Crippen LogP contribution in [0.5, 0.6) is 0 Å². The smallest absolute Gasteiger partial charge is 0.333 e. The molecule has 0 aliphatic rings. The predicted molar refractivity (Wildman–Crippen MR) is 113 cm³/mol. The van der Waals surface area contributed by atoms with E-state index in [1.807, 2.05) is 0 Å². The highest BCUT2D eigenvalue weighted by Crippen LogP contribution is 2.14. The Hall–Kier alpha value is -0.440. The summed E-state index contributed by atoms with van der Waals surface area (Å²) in [5.41, 5.74) is 0.489. The van der Waals surface area contributed by atoms with Gasteiger partial charge in [0, 0.05) is 5.57 Å². The van der Waals surface area contributed by atoms with Crippen LogP contribution in [0.2, 0.25) is 0 Å². The summed E-state index contributed by atoms with van der Waals surface area (Å²) in [7, 11) is 0. The van der Waals surface area contributed by atoms with Gasteiger partial charge in [-0.25, -0.2) is 4.79 Å². The maximum Gasteiger partial charge on any atom is 0.333 e. The van der Waals surface area contributed by atoms with Gasteiger partial charge in [-0.1, -0.05) is 84.1 Å². The van der Waals surface area contributed by atoms with Gasteiger partial charge in [0.1, 0.15) is 0 Å². The summed E-state index contributed by atoms with van der Waals surface area (Å²) in [6.07, 6.45) is 18.9. The molecule has 148 valence electrons. The molecule has 0 aromatic heterocycles. The van der Waals surface area contributed by atoms with E-state index in [0.717, 1.165) is 12.8 Å². The van der Waals surface area contributed by atoms with Gasteiger partial charge in [-0.2, -0.15) is 11.8 Å². The highest BCUT2D eigenvalue weighted by molar-refractivity contribution is 7.99. The van der Waals surface area contributed by atoms with E-state index in [1.54, 1.807) is 6.92 Å². The number of carbonyl (C=O) groups excluding carboxylic acids is 1. The van der Waals surface area contributed by atoms with Crippen molar-refractivity contribution in [3.63, 3.8) is 0 Å². The average Bonchev–Trinajstić information content (AvgIpc) is 2.60. The van der Waals surface area contributed by atoms with Crippen molar-refractivity contribution in [1.29, 1.82) is 0 Å². The first-order valence-electron chi connectivity index (χ1n) is 10.6. The van der Waals surface area contributed by atoms with Crippen LogP contribution in [0.4, 0.5) is 0 Å². The maximum atomic E-state index is 11.2. The second kappa shape index (κ2) is 19.9. The Balaban J connectivity index is 3.05. The Morgan fingerprint density at radius 3 is 1.68 bits per heavy atom. The first-order valence-corrected chi connectivity index (χ1v) is 11.7. The minimum Gasteiger partial charge on any atom is -0.462 e. The normalized spacial score (nSPS) is 10.8. The fraction of sp³-hybridized carbons (Fsp3) is 0.864. The van der Waals surface area contributed by atoms with E-state index in [1.165, 1.54) is 88.6 Å². The van der Waals surface area contributed by atoms with E-state index < -0.39 is 0 Å². The van der Waals surface area contributed by atoms with Gasteiger partial charge in [-0.15, -0.1) is 0 Å². The standard InChI is InChI=1S/C22H42O2S/c1-4-5-6-7-8-9-10-11-13-16-19-25-20-17-14-12-15-18-24-22(23)21(2)3/h2,4-20H2,1,3H3. The molecule has 3 heteroatoms. The molecule has 0 atom stereocenters. The number of carbonyl (C=O) groups is 1. The highest BCUT2D eigenvalue weighted by atomic mass is 32.2. The molecule has 0 radical (unpaired) electrons. The van der Waals surface area contributed by atoms with Gasteiger partial charge in [0.25, 0.3) is 0 Å². The number of hydrogen-bond donors (Lipinski definition) is 0. The molecule has 0 saturated heterocycles. The Morgan fingerprint density at radius 2 is 1.20 bits per heavy atom. The molecule has 0 aliphatic carbocycles. The van der Waals surface area contributed by atoms with E-state index >= 15 is 0 Å². The van der Waals surface area contributed by atoms with Crippen LogP contribution in [0.1, 0.15) is 104 Å². The van der Waals surface area contributed by atoms with E-state index in [2.05, 4.69) is 25.3 Å². The van der Waals surface area contributed by atoms with Crippen molar-refractivity contribution in [1.82, 2.24) is 0 Å². The van der Waals surface area contributed by atoms with Crippen molar-refractivity contribution in [3.05, 3.63) is 12.2 Å². The van der Waals surface area contributed by atoms with Crippen LogP contribution in [0.15, 0.2) is 12.2 Å². The molecule has 0 bridgehead atoms. The summed E-state index contributed by atoms with van der Waals surface area (Å²) < 4.78 is 5.08. The molecule has 0 N–H and O–H groups in total. The van der Waals surface area contributed by atoms with Gasteiger partial charge in [0.05, 0.1) is 6.61 Å². The van der Waals surface area contributed by atoms with Crippen LogP contribution in [-0.4, -0.2) is 24.1 Å². The molecule has 0 aliphatic heterocycles. The molecule has 0 rings (SSSR count). The molecule has 0 aromatic carbocycles. The molecule has 0 aromatic rings. The third-order valence-electron chi connectivity index (χ3n) is 4.41. The lowest BCUT2D eigenvalue weighted by molar-refractivity contribution is -0.139. The zero-order chi connectivity index (χ0) is 18.6. The van der Waals surface area contributed by atoms with Gasteiger partial charge < -0.3 is 4.74 Å². The summed E-state index contributed by atoms with van der Waals surface area (Å²) in [5, 5.41) is 0. The van der Waals surface area contributed by atoms with E-state index in [9.17, 15) is 4.79 Å². The summed E-state index contributed by atoms with van der Waals surface area (Å²) >= 11 is 2.11. The third kappa shape index (κ3) is 19.7. The van der Waals surface area contributed by atoms with Crippen molar-refractivity contribution in [3.8, 4) is 0 Å². The minimum absolute atomic E-state index is 0.257. The number of esters is 1. The van der Waals surface area contributed by atoms with Crippen LogP contribution in [-0.2, 0) is 9.53 Å². The molecule has 0 saturated carbocycles. The van der Waals surface area contributed by atoms with Gasteiger partial charge in [-0.05, 0) is 37.7 Å². The Bertz CT molecular complexity index is 315. The van der Waals surface area contributed by atoms with Crippen molar-refractivity contribution >= 4 is 17.7 Å². The molecular formula is C22H42O2S. The van der Waals surface area contributed by atoms with Crippen LogP contribution < -0.4 is 0 Å². The zero-order valence-electron chi connectivity index (χ0n) is 17.0. The van der Waals surface area contributed by atoms with Crippen molar-refractivity contribution in [2.75, 3.05) is 18.1 Å². The van der Waals surface area contributed by atoms with Crippen molar-refractivity contribution in [2.45, 2.75) is 104 Å². The molecule has 0 spiro atoms. The third-order valence-corrected chi connectivity index (χ3v) is 5.56. The highest BCUT2D eigenvalue weighted by Gasteiger charge is 2.01. The minimum atomic E-state index is -0.257. The predicted octanol–water partition coefficient (Wildman–Crippen LogP) is 7.32. The molecule has 0 unspecified atom stereocenters. The summed E-state index contributed by atoms with van der Waals surface area (Å²) in [4.78, 5) is 11.2. The second-order valence-electron chi connectivity index (χ2n) is 7.12. The fourth-order valence-corrected chi connectivity index (χ4v) is 3.76. The number of thioether (sulfide) groups is 1. The maximum absolute atomic E-state index is 11.2. The summed E-state index contributed by atoms with van der Waals surface area (Å²) in [6.45, 7) is 8.08. The average molecular weight is 371 g/mol.